The third-order valence-corrected chi connectivity index (χ3v) is 3.79. The highest BCUT2D eigenvalue weighted by Crippen LogP contribution is 2.29. The van der Waals surface area contributed by atoms with Crippen LogP contribution in [0.25, 0.3) is 0 Å². The minimum atomic E-state index is -0.563. The second-order valence-corrected chi connectivity index (χ2v) is 6.93. The highest BCUT2D eigenvalue weighted by Gasteiger charge is 2.20. The largest absolute Gasteiger partial charge is 0.490 e. The first-order chi connectivity index (χ1) is 14.1. The number of nitro benzene ring substituents is 1. The second kappa shape index (κ2) is 9.73. The number of hydrogen-bond acceptors (Lipinski definition) is 7. The summed E-state index contributed by atoms with van der Waals surface area (Å²) >= 11 is 0. The number of nitro groups is 1. The van der Waals surface area contributed by atoms with E-state index in [1.54, 1.807) is 27.7 Å². The Bertz CT molecular complexity index is 954. The lowest BCUT2D eigenvalue weighted by molar-refractivity contribution is -0.384. The molecule has 0 saturated heterocycles. The van der Waals surface area contributed by atoms with E-state index in [0.717, 1.165) is 0 Å². The lowest BCUT2D eigenvalue weighted by Crippen LogP contribution is -2.17. The van der Waals surface area contributed by atoms with Gasteiger partial charge < -0.3 is 19.5 Å². The molecule has 0 aliphatic carbocycles. The second-order valence-electron chi connectivity index (χ2n) is 6.93. The minimum absolute atomic E-state index is 0.0986. The van der Waals surface area contributed by atoms with Crippen LogP contribution < -0.4 is 14.8 Å². The van der Waals surface area contributed by atoms with Crippen LogP contribution in [-0.2, 0) is 4.74 Å². The van der Waals surface area contributed by atoms with Gasteiger partial charge in [0.1, 0.15) is 17.1 Å². The summed E-state index contributed by atoms with van der Waals surface area (Å²) in [4.78, 5) is 35.2. The van der Waals surface area contributed by atoms with Gasteiger partial charge in [-0.25, -0.2) is 4.79 Å². The minimum Gasteiger partial charge on any atom is -0.490 e. The predicted octanol–water partition coefficient (Wildman–Crippen LogP) is 4.21. The first kappa shape index (κ1) is 22.7. The third kappa shape index (κ3) is 5.69. The number of benzene rings is 2. The number of hydrogen-bond donors (Lipinski definition) is 1. The van der Waals surface area contributed by atoms with Gasteiger partial charge >= 0.3 is 5.97 Å². The Balaban J connectivity index is 2.37. The van der Waals surface area contributed by atoms with Gasteiger partial charge in [0.2, 0.25) is 0 Å². The van der Waals surface area contributed by atoms with Crippen molar-refractivity contribution < 1.29 is 28.7 Å². The summed E-state index contributed by atoms with van der Waals surface area (Å²) in [5, 5.41) is 13.7. The molecule has 1 amide bonds. The average Bonchev–Trinajstić information content (AvgIpc) is 2.66. The number of ether oxygens (including phenoxy) is 3. The van der Waals surface area contributed by atoms with Crippen LogP contribution in [0.2, 0.25) is 0 Å². The van der Waals surface area contributed by atoms with Crippen molar-refractivity contribution in [1.29, 1.82) is 0 Å². The fraction of sp³-hybridized carbons (Fsp3) is 0.333. The summed E-state index contributed by atoms with van der Waals surface area (Å²) in [6.07, 6.45) is -0.496. The number of carbonyl (C=O) groups is 2. The Hall–Kier alpha value is -3.62. The summed E-state index contributed by atoms with van der Waals surface area (Å²) in [6.45, 7) is 7.11. The van der Waals surface area contributed by atoms with Crippen LogP contribution in [0.3, 0.4) is 0 Å². The Morgan fingerprint density at radius 3 is 2.03 bits per heavy atom. The standard InChI is InChI=1S/C21H24N2O7/c1-12(2)29-18-10-14(6-8-17(18)21(25)28-5)22-20(24)16-9-7-15(23(26)27)11-19(16)30-13(3)4/h6-13H,1-5H3,(H,22,24). The highest BCUT2D eigenvalue weighted by molar-refractivity contribution is 6.06. The van der Waals surface area contributed by atoms with Crippen molar-refractivity contribution in [3.05, 3.63) is 57.6 Å². The van der Waals surface area contributed by atoms with Gasteiger partial charge in [-0.1, -0.05) is 0 Å². The van der Waals surface area contributed by atoms with Crippen LogP contribution in [0.5, 0.6) is 11.5 Å². The van der Waals surface area contributed by atoms with E-state index < -0.39 is 16.8 Å². The number of non-ortho nitro benzene ring substituents is 1. The van der Waals surface area contributed by atoms with Crippen LogP contribution in [0.4, 0.5) is 11.4 Å². The summed E-state index contributed by atoms with van der Waals surface area (Å²) in [6, 6.07) is 8.31. The normalized spacial score (nSPS) is 10.6. The Kier molecular flexibility index (Phi) is 7.35. The molecule has 160 valence electrons. The van der Waals surface area contributed by atoms with Gasteiger partial charge in [0.15, 0.2) is 0 Å². The summed E-state index contributed by atoms with van der Waals surface area (Å²) in [5.74, 6) is -0.730. The first-order valence-corrected chi connectivity index (χ1v) is 9.27. The van der Waals surface area contributed by atoms with E-state index >= 15 is 0 Å². The van der Waals surface area contributed by atoms with Gasteiger partial charge in [-0.05, 0) is 45.9 Å². The topological polar surface area (TPSA) is 117 Å². The quantitative estimate of drug-likeness (QED) is 0.389. The molecule has 0 fully saturated rings. The fourth-order valence-electron chi connectivity index (χ4n) is 2.59. The van der Waals surface area contributed by atoms with E-state index in [9.17, 15) is 19.7 Å². The number of rotatable bonds is 8. The number of anilines is 1. The van der Waals surface area contributed by atoms with Crippen molar-refractivity contribution in [3.8, 4) is 11.5 Å². The summed E-state index contributed by atoms with van der Waals surface area (Å²) in [5.41, 5.74) is 0.551. The smallest absolute Gasteiger partial charge is 0.341 e. The van der Waals surface area contributed by atoms with E-state index in [1.165, 1.54) is 43.5 Å². The van der Waals surface area contributed by atoms with E-state index in [2.05, 4.69) is 5.32 Å². The molecular weight excluding hydrogens is 392 g/mol. The van der Waals surface area contributed by atoms with Gasteiger partial charge in [-0.3, -0.25) is 14.9 Å². The molecule has 0 saturated carbocycles. The van der Waals surface area contributed by atoms with E-state index in [-0.39, 0.29) is 40.5 Å². The highest BCUT2D eigenvalue weighted by atomic mass is 16.6. The van der Waals surface area contributed by atoms with Gasteiger partial charge in [0.05, 0.1) is 35.9 Å². The van der Waals surface area contributed by atoms with Gasteiger partial charge in [-0.2, -0.15) is 0 Å². The number of esters is 1. The molecule has 0 unspecified atom stereocenters. The SMILES string of the molecule is COC(=O)c1ccc(NC(=O)c2ccc([N+](=O)[O-])cc2OC(C)C)cc1OC(C)C. The molecule has 0 radical (unpaired) electrons. The maximum absolute atomic E-state index is 12.8. The van der Waals surface area contributed by atoms with Crippen LogP contribution in [0.1, 0.15) is 48.4 Å². The van der Waals surface area contributed by atoms with E-state index in [1.807, 2.05) is 0 Å². The number of nitrogens with one attached hydrogen (secondary N) is 1. The molecule has 0 heterocycles. The number of carbonyl (C=O) groups excluding carboxylic acids is 2. The summed E-state index contributed by atoms with van der Waals surface area (Å²) in [7, 11) is 1.27. The fourth-order valence-corrected chi connectivity index (χ4v) is 2.59. The molecule has 0 spiro atoms. The molecular formula is C21H24N2O7. The molecule has 0 aliphatic rings. The van der Waals surface area contributed by atoms with Crippen LogP contribution in [-0.4, -0.2) is 36.1 Å². The molecule has 0 bridgehead atoms. The van der Waals surface area contributed by atoms with Crippen LogP contribution >= 0.6 is 0 Å². The molecule has 30 heavy (non-hydrogen) atoms. The molecule has 2 rings (SSSR count). The average molecular weight is 416 g/mol. The number of methoxy groups -OCH3 is 1. The maximum Gasteiger partial charge on any atom is 0.341 e. The molecule has 0 atom stereocenters. The van der Waals surface area contributed by atoms with Crippen molar-refractivity contribution in [3.63, 3.8) is 0 Å². The molecule has 9 nitrogen and oxygen atoms in total. The van der Waals surface area contributed by atoms with Gasteiger partial charge in [0.25, 0.3) is 11.6 Å². The third-order valence-electron chi connectivity index (χ3n) is 3.79. The zero-order valence-corrected chi connectivity index (χ0v) is 17.4. The molecule has 2 aromatic rings. The summed E-state index contributed by atoms with van der Waals surface area (Å²) < 4.78 is 16.0. The van der Waals surface area contributed by atoms with Crippen molar-refractivity contribution >= 4 is 23.3 Å². The zero-order chi connectivity index (χ0) is 22.4. The molecule has 9 heteroatoms. The van der Waals surface area contributed by atoms with Crippen molar-refractivity contribution in [2.75, 3.05) is 12.4 Å². The Labute approximate surface area is 174 Å². The van der Waals surface area contributed by atoms with Crippen molar-refractivity contribution in [2.45, 2.75) is 39.9 Å². The van der Waals surface area contributed by atoms with Crippen molar-refractivity contribution in [2.24, 2.45) is 0 Å². The lowest BCUT2D eigenvalue weighted by Gasteiger charge is -2.16. The molecule has 0 aromatic heterocycles. The maximum atomic E-state index is 12.8. The zero-order valence-electron chi connectivity index (χ0n) is 17.4. The van der Waals surface area contributed by atoms with Gasteiger partial charge in [0, 0.05) is 17.8 Å². The Morgan fingerprint density at radius 2 is 1.50 bits per heavy atom. The van der Waals surface area contributed by atoms with Crippen LogP contribution in [0, 0.1) is 10.1 Å². The van der Waals surface area contributed by atoms with E-state index in [0.29, 0.717) is 5.69 Å². The van der Waals surface area contributed by atoms with Crippen molar-refractivity contribution in [1.82, 2.24) is 0 Å². The first-order valence-electron chi connectivity index (χ1n) is 9.27. The van der Waals surface area contributed by atoms with Crippen LogP contribution in [0.15, 0.2) is 36.4 Å². The Morgan fingerprint density at radius 1 is 0.933 bits per heavy atom. The molecule has 2 aromatic carbocycles. The van der Waals surface area contributed by atoms with Gasteiger partial charge in [-0.15, -0.1) is 0 Å². The monoisotopic (exact) mass is 416 g/mol. The number of amides is 1. The number of nitrogens with zero attached hydrogens (tertiary/aromatic N) is 1. The molecule has 0 aliphatic heterocycles. The molecule has 1 N–H and O–H groups in total. The van der Waals surface area contributed by atoms with E-state index in [4.69, 9.17) is 14.2 Å². The lowest BCUT2D eigenvalue weighted by atomic mass is 10.1. The predicted molar refractivity (Wildman–Crippen MR) is 110 cm³/mol.